The van der Waals surface area contributed by atoms with Crippen molar-refractivity contribution in [2.24, 2.45) is 0 Å². The molecule has 2 aromatic carbocycles. The standard InChI is InChI=1S/C21H19N5OS/c1-15(16-8-10-18(11-9-16)26-14-22-13-23-26)25(2)21(27)19-12-28-20(24-19)17-6-4-3-5-7-17/h3-15H,1-2H3. The maximum atomic E-state index is 12.9. The van der Waals surface area contributed by atoms with E-state index in [4.69, 9.17) is 0 Å². The van der Waals surface area contributed by atoms with Crippen LogP contribution in [0.3, 0.4) is 0 Å². The van der Waals surface area contributed by atoms with E-state index < -0.39 is 0 Å². The minimum Gasteiger partial charge on any atom is -0.334 e. The van der Waals surface area contributed by atoms with Gasteiger partial charge in [-0.05, 0) is 24.6 Å². The predicted octanol–water partition coefficient (Wildman–Crippen LogP) is 4.22. The summed E-state index contributed by atoms with van der Waals surface area (Å²) in [5.74, 6) is -0.0914. The van der Waals surface area contributed by atoms with E-state index in [2.05, 4.69) is 15.1 Å². The largest absolute Gasteiger partial charge is 0.334 e. The number of aromatic nitrogens is 4. The van der Waals surface area contributed by atoms with Crippen molar-refractivity contribution in [3.63, 3.8) is 0 Å². The van der Waals surface area contributed by atoms with Gasteiger partial charge in [-0.25, -0.2) is 14.6 Å². The van der Waals surface area contributed by atoms with Gasteiger partial charge in [-0.1, -0.05) is 42.5 Å². The number of thiazole rings is 1. The molecule has 0 aliphatic heterocycles. The molecule has 0 saturated carbocycles. The highest BCUT2D eigenvalue weighted by Crippen LogP contribution is 2.26. The first-order valence-corrected chi connectivity index (χ1v) is 9.74. The molecule has 0 bridgehead atoms. The van der Waals surface area contributed by atoms with Crippen LogP contribution in [-0.4, -0.2) is 37.6 Å². The smallest absolute Gasteiger partial charge is 0.273 e. The van der Waals surface area contributed by atoms with E-state index in [1.54, 1.807) is 23.0 Å². The zero-order valence-electron chi connectivity index (χ0n) is 15.6. The average Bonchev–Trinajstić information content (AvgIpc) is 3.45. The van der Waals surface area contributed by atoms with Crippen LogP contribution in [0.2, 0.25) is 0 Å². The Balaban J connectivity index is 1.50. The van der Waals surface area contributed by atoms with E-state index in [9.17, 15) is 4.79 Å². The summed E-state index contributed by atoms with van der Waals surface area (Å²) < 4.78 is 1.70. The van der Waals surface area contributed by atoms with Gasteiger partial charge < -0.3 is 4.90 Å². The Bertz CT molecular complexity index is 1060. The Kier molecular flexibility index (Phi) is 4.99. The lowest BCUT2D eigenvalue weighted by atomic mass is 10.1. The van der Waals surface area contributed by atoms with Gasteiger partial charge in [0.25, 0.3) is 5.91 Å². The molecule has 0 aliphatic carbocycles. The molecule has 2 heterocycles. The first-order valence-electron chi connectivity index (χ1n) is 8.86. The van der Waals surface area contributed by atoms with E-state index in [-0.39, 0.29) is 11.9 Å². The van der Waals surface area contributed by atoms with E-state index in [0.717, 1.165) is 21.8 Å². The molecule has 1 atom stereocenters. The Morgan fingerprint density at radius 1 is 1.11 bits per heavy atom. The molecule has 1 amide bonds. The predicted molar refractivity (Wildman–Crippen MR) is 109 cm³/mol. The molecule has 4 rings (SSSR count). The van der Waals surface area contributed by atoms with Crippen LogP contribution in [0.4, 0.5) is 0 Å². The summed E-state index contributed by atoms with van der Waals surface area (Å²) in [5, 5.41) is 6.80. The second kappa shape index (κ2) is 7.74. The van der Waals surface area contributed by atoms with Crippen LogP contribution in [0.15, 0.2) is 72.6 Å². The van der Waals surface area contributed by atoms with Gasteiger partial charge in [0.05, 0.1) is 11.7 Å². The van der Waals surface area contributed by atoms with Crippen molar-refractivity contribution in [2.75, 3.05) is 7.05 Å². The number of amides is 1. The number of benzene rings is 2. The molecule has 4 aromatic rings. The highest BCUT2D eigenvalue weighted by molar-refractivity contribution is 7.13. The third-order valence-corrected chi connectivity index (χ3v) is 5.60. The minimum absolute atomic E-state index is 0.0841. The van der Waals surface area contributed by atoms with Crippen molar-refractivity contribution in [2.45, 2.75) is 13.0 Å². The highest BCUT2D eigenvalue weighted by Gasteiger charge is 2.21. The van der Waals surface area contributed by atoms with Crippen LogP contribution >= 0.6 is 11.3 Å². The molecular weight excluding hydrogens is 370 g/mol. The average molecular weight is 389 g/mol. The third kappa shape index (κ3) is 3.57. The minimum atomic E-state index is -0.0914. The number of hydrogen-bond acceptors (Lipinski definition) is 5. The molecule has 140 valence electrons. The molecule has 0 aliphatic rings. The topological polar surface area (TPSA) is 63.9 Å². The molecule has 0 radical (unpaired) electrons. The molecule has 6 nitrogen and oxygen atoms in total. The van der Waals surface area contributed by atoms with Crippen LogP contribution < -0.4 is 0 Å². The summed E-state index contributed by atoms with van der Waals surface area (Å²) in [5.41, 5.74) is 3.45. The summed E-state index contributed by atoms with van der Waals surface area (Å²) in [7, 11) is 1.81. The number of nitrogens with zero attached hydrogens (tertiary/aromatic N) is 5. The van der Waals surface area contributed by atoms with Gasteiger partial charge >= 0.3 is 0 Å². The zero-order chi connectivity index (χ0) is 19.5. The van der Waals surface area contributed by atoms with Gasteiger partial charge in [-0.15, -0.1) is 11.3 Å². The number of hydrogen-bond donors (Lipinski definition) is 0. The van der Waals surface area contributed by atoms with Crippen LogP contribution in [0.1, 0.15) is 29.0 Å². The summed E-state index contributed by atoms with van der Waals surface area (Å²) in [6, 6.07) is 17.7. The number of carbonyl (C=O) groups is 1. The maximum absolute atomic E-state index is 12.9. The number of rotatable bonds is 5. The summed E-state index contributed by atoms with van der Waals surface area (Å²) in [6.07, 6.45) is 3.15. The molecule has 1 unspecified atom stereocenters. The first kappa shape index (κ1) is 18.1. The maximum Gasteiger partial charge on any atom is 0.273 e. The molecule has 0 N–H and O–H groups in total. The van der Waals surface area contributed by atoms with Gasteiger partial charge in [-0.3, -0.25) is 4.79 Å². The Hall–Kier alpha value is -3.32. The summed E-state index contributed by atoms with van der Waals surface area (Å²) in [4.78, 5) is 23.1. The van der Waals surface area contributed by atoms with Gasteiger partial charge in [0, 0.05) is 18.0 Å². The fourth-order valence-electron chi connectivity index (χ4n) is 2.91. The van der Waals surface area contributed by atoms with Crippen molar-refractivity contribution >= 4 is 17.2 Å². The second-order valence-electron chi connectivity index (χ2n) is 6.43. The lowest BCUT2D eigenvalue weighted by Crippen LogP contribution is -2.29. The third-order valence-electron chi connectivity index (χ3n) is 4.70. The van der Waals surface area contributed by atoms with Crippen molar-refractivity contribution in [3.8, 4) is 16.3 Å². The van der Waals surface area contributed by atoms with Gasteiger partial charge in [0.15, 0.2) is 0 Å². The molecule has 0 saturated heterocycles. The SMILES string of the molecule is CC(c1ccc(-n2cncn2)cc1)N(C)C(=O)c1csc(-c2ccccc2)n1. The van der Waals surface area contributed by atoms with Gasteiger partial charge in [0.1, 0.15) is 23.4 Å². The quantitative estimate of drug-likeness (QED) is 0.513. The normalized spacial score (nSPS) is 11.9. The Morgan fingerprint density at radius 2 is 1.86 bits per heavy atom. The fraction of sp³-hybridized carbons (Fsp3) is 0.143. The van der Waals surface area contributed by atoms with Crippen molar-refractivity contribution in [1.29, 1.82) is 0 Å². The van der Waals surface area contributed by atoms with Crippen molar-refractivity contribution in [1.82, 2.24) is 24.6 Å². The lowest BCUT2D eigenvalue weighted by molar-refractivity contribution is 0.0737. The fourth-order valence-corrected chi connectivity index (χ4v) is 3.71. The lowest BCUT2D eigenvalue weighted by Gasteiger charge is -2.24. The van der Waals surface area contributed by atoms with E-state index in [1.807, 2.05) is 66.9 Å². The highest BCUT2D eigenvalue weighted by atomic mass is 32.1. The second-order valence-corrected chi connectivity index (χ2v) is 7.29. The summed E-state index contributed by atoms with van der Waals surface area (Å²) in [6.45, 7) is 2.01. The van der Waals surface area contributed by atoms with E-state index in [1.165, 1.54) is 17.7 Å². The Labute approximate surface area is 167 Å². The van der Waals surface area contributed by atoms with E-state index in [0.29, 0.717) is 5.69 Å². The van der Waals surface area contributed by atoms with Crippen LogP contribution in [-0.2, 0) is 0 Å². The molecular formula is C21H19N5OS. The first-order chi connectivity index (χ1) is 13.6. The van der Waals surface area contributed by atoms with Gasteiger partial charge in [-0.2, -0.15) is 5.10 Å². The van der Waals surface area contributed by atoms with Gasteiger partial charge in [0.2, 0.25) is 0 Å². The van der Waals surface area contributed by atoms with Crippen LogP contribution in [0, 0.1) is 0 Å². The molecule has 2 aromatic heterocycles. The summed E-state index contributed by atoms with van der Waals surface area (Å²) >= 11 is 1.48. The van der Waals surface area contributed by atoms with Crippen LogP contribution in [0.5, 0.6) is 0 Å². The Morgan fingerprint density at radius 3 is 2.54 bits per heavy atom. The molecule has 0 fully saturated rings. The van der Waals surface area contributed by atoms with Crippen molar-refractivity contribution < 1.29 is 4.79 Å². The van der Waals surface area contributed by atoms with E-state index >= 15 is 0 Å². The van der Waals surface area contributed by atoms with Crippen molar-refractivity contribution in [3.05, 3.63) is 83.9 Å². The molecule has 28 heavy (non-hydrogen) atoms. The zero-order valence-corrected chi connectivity index (χ0v) is 16.4. The van der Waals surface area contributed by atoms with Crippen LogP contribution in [0.25, 0.3) is 16.3 Å². The monoisotopic (exact) mass is 389 g/mol. The number of carbonyl (C=O) groups excluding carboxylic acids is 1. The molecule has 7 heteroatoms. The molecule has 0 spiro atoms.